The summed E-state index contributed by atoms with van der Waals surface area (Å²) in [5.41, 5.74) is 1.19. The van der Waals surface area contributed by atoms with Gasteiger partial charge in [-0.1, -0.05) is 30.3 Å². The molecule has 1 aliphatic rings. The van der Waals surface area contributed by atoms with Crippen LogP contribution in [0.25, 0.3) is 11.2 Å². The molecule has 2 aromatic heterocycles. The summed E-state index contributed by atoms with van der Waals surface area (Å²) in [5, 5.41) is 1.55. The molecule has 0 spiro atoms. The third-order valence-corrected chi connectivity index (χ3v) is 5.15. The van der Waals surface area contributed by atoms with Crippen LogP contribution in [0.15, 0.2) is 50.1 Å². The molecule has 0 N–H and O–H groups in total. The highest BCUT2D eigenvalue weighted by atomic mass is 32.2. The summed E-state index contributed by atoms with van der Waals surface area (Å²) in [4.78, 5) is 33.8. The van der Waals surface area contributed by atoms with Crippen molar-refractivity contribution >= 4 is 28.0 Å². The number of aliphatic imine (C=N–C) groups is 1. The van der Waals surface area contributed by atoms with Gasteiger partial charge < -0.3 is 4.57 Å². The van der Waals surface area contributed by atoms with Crippen LogP contribution >= 0.6 is 11.8 Å². The second-order valence-electron chi connectivity index (χ2n) is 5.58. The SMILES string of the molecule is Cn1c(=O)c2c(nc3n2CCN=C(c2ccccc2)S3)n(C)c1=O. The first-order valence-corrected chi connectivity index (χ1v) is 8.33. The van der Waals surface area contributed by atoms with Crippen molar-refractivity contribution in [1.82, 2.24) is 18.7 Å². The van der Waals surface area contributed by atoms with Gasteiger partial charge in [-0.15, -0.1) is 0 Å². The van der Waals surface area contributed by atoms with Gasteiger partial charge >= 0.3 is 5.69 Å². The lowest BCUT2D eigenvalue weighted by molar-refractivity contribution is 0.660. The van der Waals surface area contributed by atoms with E-state index in [2.05, 4.69) is 9.98 Å². The van der Waals surface area contributed by atoms with Crippen LogP contribution in [0.4, 0.5) is 0 Å². The fourth-order valence-electron chi connectivity index (χ4n) is 2.81. The number of imidazole rings is 1. The highest BCUT2D eigenvalue weighted by Gasteiger charge is 2.22. The van der Waals surface area contributed by atoms with Gasteiger partial charge in [0, 0.05) is 26.2 Å². The Morgan fingerprint density at radius 3 is 2.58 bits per heavy atom. The highest BCUT2D eigenvalue weighted by Crippen LogP contribution is 2.27. The zero-order chi connectivity index (χ0) is 16.8. The number of aryl methyl sites for hydroxylation is 1. The zero-order valence-corrected chi connectivity index (χ0v) is 14.1. The molecule has 1 aliphatic heterocycles. The first-order valence-electron chi connectivity index (χ1n) is 7.52. The largest absolute Gasteiger partial charge is 0.332 e. The summed E-state index contributed by atoms with van der Waals surface area (Å²) >= 11 is 1.42. The molecule has 122 valence electrons. The van der Waals surface area contributed by atoms with E-state index in [1.165, 1.54) is 23.4 Å². The van der Waals surface area contributed by atoms with E-state index in [4.69, 9.17) is 0 Å². The molecule has 0 atom stereocenters. The molecule has 3 aromatic rings. The van der Waals surface area contributed by atoms with Crippen LogP contribution in [-0.4, -0.2) is 30.3 Å². The normalized spacial score (nSPS) is 14.3. The molecule has 3 heterocycles. The molecule has 0 saturated carbocycles. The van der Waals surface area contributed by atoms with E-state index in [1.807, 2.05) is 34.9 Å². The average Bonchev–Trinajstić information content (AvgIpc) is 2.83. The first-order chi connectivity index (χ1) is 11.6. The number of benzene rings is 1. The van der Waals surface area contributed by atoms with Crippen molar-refractivity contribution in [1.29, 1.82) is 0 Å². The lowest BCUT2D eigenvalue weighted by Crippen LogP contribution is -2.37. The maximum absolute atomic E-state index is 12.5. The number of hydrogen-bond acceptors (Lipinski definition) is 5. The Kier molecular flexibility index (Phi) is 3.42. The van der Waals surface area contributed by atoms with Gasteiger partial charge in [0.1, 0.15) is 5.04 Å². The number of hydrogen-bond donors (Lipinski definition) is 0. The lowest BCUT2D eigenvalue weighted by Gasteiger charge is -2.05. The molecule has 0 unspecified atom stereocenters. The number of thioether (sulfide) groups is 1. The number of fused-ring (bicyclic) bond motifs is 3. The first kappa shape index (κ1) is 14.9. The van der Waals surface area contributed by atoms with Crippen LogP contribution in [0.1, 0.15) is 5.56 Å². The van der Waals surface area contributed by atoms with Gasteiger partial charge in [-0.2, -0.15) is 0 Å². The van der Waals surface area contributed by atoms with Crippen LogP contribution < -0.4 is 11.2 Å². The van der Waals surface area contributed by atoms with E-state index in [9.17, 15) is 9.59 Å². The van der Waals surface area contributed by atoms with Gasteiger partial charge in [-0.05, 0) is 11.8 Å². The van der Waals surface area contributed by atoms with E-state index < -0.39 is 0 Å². The van der Waals surface area contributed by atoms with Gasteiger partial charge in [0.25, 0.3) is 5.56 Å². The highest BCUT2D eigenvalue weighted by molar-refractivity contribution is 8.14. The summed E-state index contributed by atoms with van der Waals surface area (Å²) in [6.45, 7) is 1.12. The molecular formula is C16H15N5O2S. The maximum atomic E-state index is 12.5. The number of aromatic nitrogens is 4. The van der Waals surface area contributed by atoms with Crippen LogP contribution in [0.5, 0.6) is 0 Å². The molecule has 8 heteroatoms. The van der Waals surface area contributed by atoms with Gasteiger partial charge in [0.15, 0.2) is 16.3 Å². The molecule has 0 amide bonds. The molecule has 7 nitrogen and oxygen atoms in total. The quantitative estimate of drug-likeness (QED) is 0.661. The topological polar surface area (TPSA) is 74.2 Å². The van der Waals surface area contributed by atoms with Crippen molar-refractivity contribution in [3.63, 3.8) is 0 Å². The summed E-state index contributed by atoms with van der Waals surface area (Å²) in [7, 11) is 3.12. The Balaban J connectivity index is 1.93. The van der Waals surface area contributed by atoms with Crippen LogP contribution in [0.3, 0.4) is 0 Å². The van der Waals surface area contributed by atoms with Crippen molar-refractivity contribution in [3.05, 3.63) is 56.7 Å². The molecule has 1 aromatic carbocycles. The molecule has 24 heavy (non-hydrogen) atoms. The number of rotatable bonds is 1. The minimum Gasteiger partial charge on any atom is -0.311 e. The fraction of sp³-hybridized carbons (Fsp3) is 0.250. The van der Waals surface area contributed by atoms with Crippen LogP contribution in [0, 0.1) is 0 Å². The predicted molar refractivity (Wildman–Crippen MR) is 93.9 cm³/mol. The summed E-state index contributed by atoms with van der Waals surface area (Å²) < 4.78 is 4.39. The summed E-state index contributed by atoms with van der Waals surface area (Å²) in [6.07, 6.45) is 0. The molecule has 0 radical (unpaired) electrons. The molecule has 0 saturated heterocycles. The van der Waals surface area contributed by atoms with Crippen molar-refractivity contribution in [2.24, 2.45) is 19.1 Å². The van der Waals surface area contributed by atoms with E-state index in [0.717, 1.165) is 15.2 Å². The Morgan fingerprint density at radius 1 is 1.08 bits per heavy atom. The monoisotopic (exact) mass is 341 g/mol. The van der Waals surface area contributed by atoms with Gasteiger partial charge in [0.05, 0.1) is 6.54 Å². The molecule has 4 rings (SSSR count). The molecule has 0 aliphatic carbocycles. The van der Waals surface area contributed by atoms with Crippen molar-refractivity contribution < 1.29 is 0 Å². The Labute approximate surface area is 141 Å². The van der Waals surface area contributed by atoms with Gasteiger partial charge in [-0.3, -0.25) is 18.9 Å². The van der Waals surface area contributed by atoms with E-state index in [-0.39, 0.29) is 11.2 Å². The number of nitrogens with zero attached hydrogens (tertiary/aromatic N) is 5. The zero-order valence-electron chi connectivity index (χ0n) is 13.3. The smallest absolute Gasteiger partial charge is 0.311 e. The third kappa shape index (κ3) is 2.14. The minimum atomic E-state index is -0.372. The predicted octanol–water partition coefficient (Wildman–Crippen LogP) is 0.986. The minimum absolute atomic E-state index is 0.324. The lowest BCUT2D eigenvalue weighted by atomic mass is 10.2. The molecule has 0 fully saturated rings. The van der Waals surface area contributed by atoms with E-state index >= 15 is 0 Å². The average molecular weight is 341 g/mol. The van der Waals surface area contributed by atoms with Crippen molar-refractivity contribution in [2.75, 3.05) is 6.54 Å². The summed E-state index contributed by atoms with van der Waals surface area (Å²) in [6, 6.07) is 9.88. The van der Waals surface area contributed by atoms with Crippen LogP contribution in [0.2, 0.25) is 0 Å². The second kappa shape index (κ2) is 5.48. The third-order valence-electron chi connectivity index (χ3n) is 4.10. The van der Waals surface area contributed by atoms with Gasteiger partial charge in [0.2, 0.25) is 0 Å². The fourth-order valence-corrected chi connectivity index (χ4v) is 3.82. The molecule has 0 bridgehead atoms. The van der Waals surface area contributed by atoms with Crippen LogP contribution in [-0.2, 0) is 20.6 Å². The Morgan fingerprint density at radius 2 is 1.83 bits per heavy atom. The van der Waals surface area contributed by atoms with Crippen molar-refractivity contribution in [2.45, 2.75) is 11.7 Å². The van der Waals surface area contributed by atoms with Crippen molar-refractivity contribution in [3.8, 4) is 0 Å². The second-order valence-corrected chi connectivity index (χ2v) is 6.53. The Bertz CT molecular complexity index is 1090. The van der Waals surface area contributed by atoms with E-state index in [0.29, 0.717) is 29.4 Å². The maximum Gasteiger partial charge on any atom is 0.332 e. The summed E-state index contributed by atoms with van der Waals surface area (Å²) in [5.74, 6) is 0. The Hall–Kier alpha value is -2.61. The van der Waals surface area contributed by atoms with E-state index in [1.54, 1.807) is 7.05 Å². The standard InChI is InChI=1S/C16H15N5O2S/c1-19-12-11(14(22)20(2)16(19)23)21-9-8-17-13(24-15(21)18-12)10-6-4-3-5-7-10/h3-7H,8-9H2,1-2H3. The van der Waals surface area contributed by atoms with Gasteiger partial charge in [-0.25, -0.2) is 9.78 Å². The molecular weight excluding hydrogens is 326 g/mol.